The summed E-state index contributed by atoms with van der Waals surface area (Å²) in [7, 11) is 0. The average molecular weight is 353 g/mol. The number of aryl methyl sites for hydroxylation is 1. The summed E-state index contributed by atoms with van der Waals surface area (Å²) in [5.41, 5.74) is 3.83. The Bertz CT molecular complexity index is 809. The summed E-state index contributed by atoms with van der Waals surface area (Å²) in [6.07, 6.45) is 3.87. The number of nitrogens with one attached hydrogen (secondary N) is 2. The highest BCUT2D eigenvalue weighted by Crippen LogP contribution is 2.20. The molecule has 0 bridgehead atoms. The molecule has 2 N–H and O–H groups in total. The second-order valence-electron chi connectivity index (χ2n) is 6.00. The van der Waals surface area contributed by atoms with E-state index in [2.05, 4.69) is 28.5 Å². The van der Waals surface area contributed by atoms with Crippen molar-refractivity contribution in [1.82, 2.24) is 15.3 Å². The summed E-state index contributed by atoms with van der Waals surface area (Å²) in [6, 6.07) is 15.6. The summed E-state index contributed by atoms with van der Waals surface area (Å²) < 4.78 is 0. The molecule has 1 heterocycles. The summed E-state index contributed by atoms with van der Waals surface area (Å²) in [5.74, 6) is 1.71. The molecular weight excluding hydrogens is 330 g/mol. The Morgan fingerprint density at radius 2 is 1.96 bits per heavy atom. The van der Waals surface area contributed by atoms with Gasteiger partial charge in [-0.1, -0.05) is 31.2 Å². The summed E-state index contributed by atoms with van der Waals surface area (Å²) in [5, 5.41) is 3.14. The fraction of sp³-hybridized carbons (Fsp3) is 0.300. The van der Waals surface area contributed by atoms with Crippen LogP contribution in [0.15, 0.2) is 48.5 Å². The van der Waals surface area contributed by atoms with E-state index in [1.165, 1.54) is 5.56 Å². The van der Waals surface area contributed by atoms with Gasteiger partial charge in [0.25, 0.3) is 5.91 Å². The molecule has 0 fully saturated rings. The molecule has 25 heavy (non-hydrogen) atoms. The van der Waals surface area contributed by atoms with Gasteiger partial charge in [0.1, 0.15) is 5.82 Å². The van der Waals surface area contributed by atoms with Crippen molar-refractivity contribution in [3.8, 4) is 0 Å². The third kappa shape index (κ3) is 4.23. The number of benzene rings is 2. The van der Waals surface area contributed by atoms with Crippen molar-refractivity contribution in [3.63, 3.8) is 0 Å². The van der Waals surface area contributed by atoms with Crippen molar-refractivity contribution in [3.05, 3.63) is 65.5 Å². The van der Waals surface area contributed by atoms with Gasteiger partial charge in [-0.25, -0.2) is 4.98 Å². The minimum absolute atomic E-state index is 0.0609. The molecule has 0 spiro atoms. The highest BCUT2D eigenvalue weighted by Gasteiger charge is 2.19. The first kappa shape index (κ1) is 17.5. The fourth-order valence-electron chi connectivity index (χ4n) is 2.78. The number of aromatic nitrogens is 2. The number of hydrogen-bond acceptors (Lipinski definition) is 3. The fourth-order valence-corrected chi connectivity index (χ4v) is 3.26. The first-order chi connectivity index (χ1) is 12.2. The number of rotatable bonds is 7. The van der Waals surface area contributed by atoms with Crippen LogP contribution in [-0.2, 0) is 6.42 Å². The van der Waals surface area contributed by atoms with Crippen molar-refractivity contribution in [2.24, 2.45) is 0 Å². The number of thioether (sulfide) groups is 1. The van der Waals surface area contributed by atoms with E-state index in [0.717, 1.165) is 35.5 Å². The number of fused-ring (bicyclic) bond motifs is 1. The number of carbonyl (C=O) groups excluding carboxylic acids is 1. The molecule has 0 aliphatic rings. The molecule has 0 saturated heterocycles. The largest absolute Gasteiger partial charge is 0.342 e. The summed E-state index contributed by atoms with van der Waals surface area (Å²) in [6.45, 7) is 2.11. The van der Waals surface area contributed by atoms with Crippen LogP contribution in [0.4, 0.5) is 0 Å². The van der Waals surface area contributed by atoms with Gasteiger partial charge in [-0.15, -0.1) is 0 Å². The first-order valence-corrected chi connectivity index (χ1v) is 9.94. The van der Waals surface area contributed by atoms with Crippen LogP contribution in [0.5, 0.6) is 0 Å². The van der Waals surface area contributed by atoms with Gasteiger partial charge in [0.2, 0.25) is 0 Å². The van der Waals surface area contributed by atoms with Crippen molar-refractivity contribution in [2.45, 2.75) is 25.8 Å². The monoisotopic (exact) mass is 353 g/mol. The lowest BCUT2D eigenvalue weighted by atomic mass is 10.1. The maximum atomic E-state index is 12.6. The van der Waals surface area contributed by atoms with E-state index in [1.807, 2.05) is 48.5 Å². The van der Waals surface area contributed by atoms with E-state index in [0.29, 0.717) is 5.56 Å². The van der Waals surface area contributed by atoms with E-state index in [4.69, 9.17) is 0 Å². The van der Waals surface area contributed by atoms with Crippen LogP contribution in [0.2, 0.25) is 0 Å². The van der Waals surface area contributed by atoms with Crippen LogP contribution in [-0.4, -0.2) is 27.9 Å². The minimum atomic E-state index is -0.127. The van der Waals surface area contributed by atoms with Gasteiger partial charge >= 0.3 is 0 Å². The van der Waals surface area contributed by atoms with Crippen molar-refractivity contribution >= 4 is 28.7 Å². The number of nitrogens with zero attached hydrogens (tertiary/aromatic N) is 1. The molecule has 3 rings (SSSR count). The van der Waals surface area contributed by atoms with Gasteiger partial charge < -0.3 is 10.3 Å². The van der Waals surface area contributed by atoms with Gasteiger partial charge in [-0.05, 0) is 54.7 Å². The van der Waals surface area contributed by atoms with Gasteiger partial charge in [0.15, 0.2) is 0 Å². The number of H-pyrrole nitrogens is 1. The molecule has 0 aliphatic heterocycles. The third-order valence-electron chi connectivity index (χ3n) is 4.28. The van der Waals surface area contributed by atoms with E-state index in [9.17, 15) is 4.79 Å². The van der Waals surface area contributed by atoms with Crippen LogP contribution in [0, 0.1) is 0 Å². The molecular formula is C20H23N3OS. The van der Waals surface area contributed by atoms with Crippen LogP contribution in [0.25, 0.3) is 11.0 Å². The quantitative estimate of drug-likeness (QED) is 0.664. The van der Waals surface area contributed by atoms with Gasteiger partial charge in [0, 0.05) is 5.56 Å². The lowest BCUT2D eigenvalue weighted by Gasteiger charge is -2.16. The van der Waals surface area contributed by atoms with Crippen LogP contribution >= 0.6 is 11.8 Å². The molecule has 130 valence electrons. The molecule has 1 atom stereocenters. The number of amides is 1. The van der Waals surface area contributed by atoms with Crippen LogP contribution in [0.3, 0.4) is 0 Å². The summed E-state index contributed by atoms with van der Waals surface area (Å²) >= 11 is 1.77. The predicted molar refractivity (Wildman–Crippen MR) is 105 cm³/mol. The zero-order chi connectivity index (χ0) is 17.6. The molecule has 1 amide bonds. The third-order valence-corrected chi connectivity index (χ3v) is 4.92. The standard InChI is InChI=1S/C20H23N3OS/c1-3-14-8-10-15(11-9-14)20(24)23-18(12-13-25-2)19-21-16-6-4-5-7-17(16)22-19/h4-11,18H,3,12-13H2,1-2H3,(H,21,22)(H,23,24)/t18-/m1/s1. The first-order valence-electron chi connectivity index (χ1n) is 8.54. The Morgan fingerprint density at radius 3 is 2.64 bits per heavy atom. The van der Waals surface area contributed by atoms with E-state index in [1.54, 1.807) is 11.8 Å². The van der Waals surface area contributed by atoms with Crippen LogP contribution in [0.1, 0.15) is 41.1 Å². The highest BCUT2D eigenvalue weighted by molar-refractivity contribution is 7.98. The zero-order valence-corrected chi connectivity index (χ0v) is 15.4. The molecule has 2 aromatic carbocycles. The maximum Gasteiger partial charge on any atom is 0.251 e. The number of carbonyl (C=O) groups is 1. The molecule has 5 heteroatoms. The molecule has 4 nitrogen and oxygen atoms in total. The number of para-hydroxylation sites is 2. The second kappa shape index (κ2) is 8.21. The van der Waals surface area contributed by atoms with Crippen molar-refractivity contribution < 1.29 is 4.79 Å². The Balaban J connectivity index is 1.80. The molecule has 1 aromatic heterocycles. The molecule has 0 aliphatic carbocycles. The topological polar surface area (TPSA) is 57.8 Å². The Hall–Kier alpha value is -2.27. The van der Waals surface area contributed by atoms with Gasteiger partial charge in [0.05, 0.1) is 17.1 Å². The summed E-state index contributed by atoms with van der Waals surface area (Å²) in [4.78, 5) is 20.7. The molecule has 0 radical (unpaired) electrons. The number of hydrogen-bond donors (Lipinski definition) is 2. The Morgan fingerprint density at radius 1 is 1.20 bits per heavy atom. The van der Waals surface area contributed by atoms with E-state index >= 15 is 0 Å². The normalized spacial score (nSPS) is 12.2. The Labute approximate surface area is 152 Å². The molecule has 0 unspecified atom stereocenters. The zero-order valence-electron chi connectivity index (χ0n) is 14.6. The second-order valence-corrected chi connectivity index (χ2v) is 6.98. The number of aromatic amines is 1. The van der Waals surface area contributed by atoms with Crippen molar-refractivity contribution in [2.75, 3.05) is 12.0 Å². The smallest absolute Gasteiger partial charge is 0.251 e. The van der Waals surface area contributed by atoms with Gasteiger partial charge in [-0.2, -0.15) is 11.8 Å². The van der Waals surface area contributed by atoms with E-state index < -0.39 is 0 Å². The van der Waals surface area contributed by atoms with E-state index in [-0.39, 0.29) is 11.9 Å². The Kier molecular flexibility index (Phi) is 5.76. The minimum Gasteiger partial charge on any atom is -0.342 e. The molecule has 0 saturated carbocycles. The number of imidazole rings is 1. The van der Waals surface area contributed by atoms with Gasteiger partial charge in [-0.3, -0.25) is 4.79 Å². The highest BCUT2D eigenvalue weighted by atomic mass is 32.2. The lowest BCUT2D eigenvalue weighted by Crippen LogP contribution is -2.29. The predicted octanol–water partition coefficient (Wildman–Crippen LogP) is 4.35. The van der Waals surface area contributed by atoms with Crippen molar-refractivity contribution in [1.29, 1.82) is 0 Å². The lowest BCUT2D eigenvalue weighted by molar-refractivity contribution is 0.0934. The SMILES string of the molecule is CCc1ccc(C(=O)N[C@H](CCSC)c2nc3ccccc3[nH]2)cc1. The average Bonchev–Trinajstić information content (AvgIpc) is 3.09. The maximum absolute atomic E-state index is 12.6. The molecule has 3 aromatic rings. The van der Waals surface area contributed by atoms with Crippen LogP contribution < -0.4 is 5.32 Å².